The number of aryl methyl sites for hydroxylation is 2. The molecule has 2 aromatic heterocycles. The zero-order valence-corrected chi connectivity index (χ0v) is 15.1. The van der Waals surface area contributed by atoms with E-state index in [1.165, 1.54) is 0 Å². The zero-order valence-electron chi connectivity index (χ0n) is 15.1. The Morgan fingerprint density at radius 1 is 1.12 bits per heavy atom. The number of aromatic nitrogens is 3. The minimum absolute atomic E-state index is 0.138. The quantitative estimate of drug-likeness (QED) is 0.732. The molecule has 0 spiro atoms. The molecule has 0 radical (unpaired) electrons. The molecule has 7 heteroatoms. The van der Waals surface area contributed by atoms with Gasteiger partial charge in [0.15, 0.2) is 5.82 Å². The summed E-state index contributed by atoms with van der Waals surface area (Å²) < 4.78 is 5.04. The Balaban J connectivity index is 1.81. The zero-order chi connectivity index (χ0) is 18.5. The molecule has 7 nitrogen and oxygen atoms in total. The summed E-state index contributed by atoms with van der Waals surface area (Å²) in [4.78, 5) is 23.3. The van der Waals surface area contributed by atoms with Crippen molar-refractivity contribution in [1.29, 1.82) is 0 Å². The lowest BCUT2D eigenvalue weighted by atomic mass is 10.2. The van der Waals surface area contributed by atoms with E-state index in [1.807, 2.05) is 37.3 Å². The van der Waals surface area contributed by atoms with Gasteiger partial charge in [0.1, 0.15) is 23.1 Å². The van der Waals surface area contributed by atoms with Crippen LogP contribution in [0.2, 0.25) is 0 Å². The van der Waals surface area contributed by atoms with Crippen LogP contribution in [0.1, 0.15) is 34.6 Å². The predicted octanol–water partition coefficient (Wildman–Crippen LogP) is 3.49. The maximum absolute atomic E-state index is 12.9. The second kappa shape index (κ2) is 7.77. The van der Waals surface area contributed by atoms with Gasteiger partial charge in [0.25, 0.3) is 5.91 Å². The van der Waals surface area contributed by atoms with E-state index in [0.29, 0.717) is 42.0 Å². The van der Waals surface area contributed by atoms with Crippen molar-refractivity contribution < 1.29 is 9.32 Å². The third-order valence-corrected chi connectivity index (χ3v) is 3.83. The Labute approximate surface area is 152 Å². The van der Waals surface area contributed by atoms with Gasteiger partial charge >= 0.3 is 0 Å². The SMILES string of the molecule is CCN(Cc1ccccc1)C(=O)c1cc(Nc2cc(C)on2)nc(C)n1. The molecular formula is C19H21N5O2. The highest BCUT2D eigenvalue weighted by Gasteiger charge is 2.18. The molecule has 0 aliphatic rings. The molecule has 0 unspecified atom stereocenters. The third-order valence-electron chi connectivity index (χ3n) is 3.83. The highest BCUT2D eigenvalue weighted by Crippen LogP contribution is 2.17. The molecule has 134 valence electrons. The number of carbonyl (C=O) groups excluding carboxylic acids is 1. The van der Waals surface area contributed by atoms with Gasteiger partial charge in [-0.2, -0.15) is 0 Å². The largest absolute Gasteiger partial charge is 0.360 e. The number of amides is 1. The normalized spacial score (nSPS) is 10.6. The fourth-order valence-electron chi connectivity index (χ4n) is 2.59. The number of nitrogens with one attached hydrogen (secondary N) is 1. The lowest BCUT2D eigenvalue weighted by Crippen LogP contribution is -2.31. The highest BCUT2D eigenvalue weighted by atomic mass is 16.5. The summed E-state index contributed by atoms with van der Waals surface area (Å²) in [5, 5.41) is 6.92. The van der Waals surface area contributed by atoms with Crippen molar-refractivity contribution in [2.24, 2.45) is 0 Å². The van der Waals surface area contributed by atoms with Crippen molar-refractivity contribution in [3.63, 3.8) is 0 Å². The molecule has 2 heterocycles. The molecule has 3 rings (SSSR count). The lowest BCUT2D eigenvalue weighted by Gasteiger charge is -2.21. The molecule has 1 aromatic carbocycles. The van der Waals surface area contributed by atoms with Crippen molar-refractivity contribution in [2.75, 3.05) is 11.9 Å². The number of hydrogen-bond acceptors (Lipinski definition) is 6. The van der Waals surface area contributed by atoms with Crippen molar-refractivity contribution in [2.45, 2.75) is 27.3 Å². The van der Waals surface area contributed by atoms with E-state index in [-0.39, 0.29) is 5.91 Å². The number of nitrogens with zero attached hydrogens (tertiary/aromatic N) is 4. The maximum Gasteiger partial charge on any atom is 0.272 e. The average molecular weight is 351 g/mol. The summed E-state index contributed by atoms with van der Waals surface area (Å²) in [6.45, 7) is 6.63. The van der Waals surface area contributed by atoms with Crippen LogP contribution in [0.4, 0.5) is 11.6 Å². The van der Waals surface area contributed by atoms with Gasteiger partial charge in [-0.05, 0) is 26.3 Å². The van der Waals surface area contributed by atoms with Crippen LogP contribution in [0, 0.1) is 13.8 Å². The predicted molar refractivity (Wildman–Crippen MR) is 98.1 cm³/mol. The lowest BCUT2D eigenvalue weighted by molar-refractivity contribution is 0.0746. The first kappa shape index (κ1) is 17.6. The van der Waals surface area contributed by atoms with Crippen LogP contribution < -0.4 is 5.32 Å². The molecule has 0 saturated carbocycles. The van der Waals surface area contributed by atoms with Gasteiger partial charge in [0.2, 0.25) is 0 Å². The number of anilines is 2. The standard InChI is InChI=1S/C19H21N5O2/c1-4-24(12-15-8-6-5-7-9-15)19(25)16-11-17(21-14(3)20-16)22-18-10-13(2)26-23-18/h5-11H,4,12H2,1-3H3,(H,20,21,22,23). The van der Waals surface area contributed by atoms with Crippen LogP contribution >= 0.6 is 0 Å². The fraction of sp³-hybridized carbons (Fsp3) is 0.263. The molecule has 0 saturated heterocycles. The number of rotatable bonds is 6. The van der Waals surface area contributed by atoms with E-state index >= 15 is 0 Å². The second-order valence-electron chi connectivity index (χ2n) is 5.94. The van der Waals surface area contributed by atoms with Gasteiger partial charge in [-0.25, -0.2) is 9.97 Å². The van der Waals surface area contributed by atoms with Crippen LogP contribution in [0.5, 0.6) is 0 Å². The van der Waals surface area contributed by atoms with E-state index in [1.54, 1.807) is 30.9 Å². The topological polar surface area (TPSA) is 84.2 Å². The smallest absolute Gasteiger partial charge is 0.272 e. The Kier molecular flexibility index (Phi) is 5.26. The fourth-order valence-corrected chi connectivity index (χ4v) is 2.59. The maximum atomic E-state index is 12.9. The van der Waals surface area contributed by atoms with E-state index in [4.69, 9.17) is 4.52 Å². The molecule has 26 heavy (non-hydrogen) atoms. The summed E-state index contributed by atoms with van der Waals surface area (Å²) >= 11 is 0. The molecule has 0 aliphatic heterocycles. The van der Waals surface area contributed by atoms with E-state index in [2.05, 4.69) is 20.4 Å². The van der Waals surface area contributed by atoms with Gasteiger partial charge in [-0.15, -0.1) is 0 Å². The summed E-state index contributed by atoms with van der Waals surface area (Å²) in [5.74, 6) is 2.10. The van der Waals surface area contributed by atoms with Gasteiger partial charge in [0, 0.05) is 25.2 Å². The van der Waals surface area contributed by atoms with Crippen LogP contribution in [0.3, 0.4) is 0 Å². The Bertz CT molecular complexity index is 892. The van der Waals surface area contributed by atoms with Crippen LogP contribution in [-0.4, -0.2) is 32.5 Å². The molecule has 3 aromatic rings. The van der Waals surface area contributed by atoms with E-state index < -0.39 is 0 Å². The van der Waals surface area contributed by atoms with Crippen LogP contribution in [0.25, 0.3) is 0 Å². The van der Waals surface area contributed by atoms with Gasteiger partial charge in [-0.1, -0.05) is 35.5 Å². The summed E-state index contributed by atoms with van der Waals surface area (Å²) in [5.41, 5.74) is 1.42. The van der Waals surface area contributed by atoms with Gasteiger partial charge in [-0.3, -0.25) is 4.79 Å². The van der Waals surface area contributed by atoms with E-state index in [0.717, 1.165) is 5.56 Å². The summed E-state index contributed by atoms with van der Waals surface area (Å²) in [6, 6.07) is 13.3. The van der Waals surface area contributed by atoms with Crippen molar-refractivity contribution in [3.05, 3.63) is 65.3 Å². The summed E-state index contributed by atoms with van der Waals surface area (Å²) in [6.07, 6.45) is 0. The van der Waals surface area contributed by atoms with Crippen molar-refractivity contribution >= 4 is 17.5 Å². The average Bonchev–Trinajstić information content (AvgIpc) is 3.04. The van der Waals surface area contributed by atoms with Gasteiger partial charge in [0.05, 0.1) is 0 Å². The first-order chi connectivity index (χ1) is 12.5. The minimum atomic E-state index is -0.138. The molecular weight excluding hydrogens is 330 g/mol. The Morgan fingerprint density at radius 2 is 1.88 bits per heavy atom. The Hall–Kier alpha value is -3.22. The van der Waals surface area contributed by atoms with E-state index in [9.17, 15) is 4.79 Å². The Morgan fingerprint density at radius 3 is 2.54 bits per heavy atom. The monoisotopic (exact) mass is 351 g/mol. The molecule has 0 atom stereocenters. The first-order valence-electron chi connectivity index (χ1n) is 8.44. The van der Waals surface area contributed by atoms with Crippen LogP contribution in [-0.2, 0) is 6.54 Å². The minimum Gasteiger partial charge on any atom is -0.360 e. The summed E-state index contributed by atoms with van der Waals surface area (Å²) in [7, 11) is 0. The first-order valence-corrected chi connectivity index (χ1v) is 8.44. The molecule has 0 bridgehead atoms. The highest BCUT2D eigenvalue weighted by molar-refractivity contribution is 5.93. The van der Waals surface area contributed by atoms with Crippen molar-refractivity contribution in [1.82, 2.24) is 20.0 Å². The van der Waals surface area contributed by atoms with Crippen LogP contribution in [0.15, 0.2) is 47.0 Å². The number of hydrogen-bond donors (Lipinski definition) is 1. The third kappa shape index (κ3) is 4.24. The number of benzene rings is 1. The molecule has 1 amide bonds. The molecule has 0 aliphatic carbocycles. The second-order valence-corrected chi connectivity index (χ2v) is 5.94. The number of carbonyl (C=O) groups is 1. The van der Waals surface area contributed by atoms with Gasteiger partial charge < -0.3 is 14.7 Å². The molecule has 0 fully saturated rings. The van der Waals surface area contributed by atoms with Crippen molar-refractivity contribution in [3.8, 4) is 0 Å². The molecule has 1 N–H and O–H groups in total.